The standard InChI is InChI=1S/C21H24Cl2N4O2S/c22-16-5-1-6-17(19(16)23)25-9-11-26(12-10-25)20(28)15-4-2-8-27(14-15)21(29)24-18-7-3-13-30-18/h1,3,5-7,13,15H,2,4,8-12,14H2,(H,24,29). The van der Waals surface area contributed by atoms with E-state index in [4.69, 9.17) is 23.2 Å². The highest BCUT2D eigenvalue weighted by molar-refractivity contribution is 7.14. The summed E-state index contributed by atoms with van der Waals surface area (Å²) in [4.78, 5) is 31.5. The highest BCUT2D eigenvalue weighted by atomic mass is 35.5. The van der Waals surface area contributed by atoms with Crippen LogP contribution in [-0.2, 0) is 4.79 Å². The molecule has 3 heterocycles. The van der Waals surface area contributed by atoms with Gasteiger partial charge in [0.25, 0.3) is 0 Å². The lowest BCUT2D eigenvalue weighted by atomic mass is 9.96. The van der Waals surface area contributed by atoms with Crippen molar-refractivity contribution in [1.29, 1.82) is 0 Å². The summed E-state index contributed by atoms with van der Waals surface area (Å²) < 4.78 is 0. The largest absolute Gasteiger partial charge is 0.367 e. The van der Waals surface area contributed by atoms with Crippen molar-refractivity contribution >= 4 is 57.2 Å². The van der Waals surface area contributed by atoms with Crippen LogP contribution in [0.15, 0.2) is 35.7 Å². The molecule has 0 radical (unpaired) electrons. The van der Waals surface area contributed by atoms with Crippen LogP contribution in [0.25, 0.3) is 0 Å². The fourth-order valence-corrected chi connectivity index (χ4v) is 5.08. The average molecular weight is 467 g/mol. The van der Waals surface area contributed by atoms with Crippen LogP contribution in [0, 0.1) is 5.92 Å². The highest BCUT2D eigenvalue weighted by Crippen LogP contribution is 2.33. The van der Waals surface area contributed by atoms with Gasteiger partial charge in [-0.05, 0) is 42.5 Å². The third-order valence-corrected chi connectivity index (χ3v) is 7.27. The Balaban J connectivity index is 1.32. The normalized spacial score (nSPS) is 19.7. The van der Waals surface area contributed by atoms with Gasteiger partial charge in [0.05, 0.1) is 26.7 Å². The molecule has 0 saturated carbocycles. The second kappa shape index (κ2) is 9.45. The lowest BCUT2D eigenvalue weighted by Crippen LogP contribution is -2.53. The van der Waals surface area contributed by atoms with E-state index in [-0.39, 0.29) is 17.9 Å². The summed E-state index contributed by atoms with van der Waals surface area (Å²) in [7, 11) is 0. The summed E-state index contributed by atoms with van der Waals surface area (Å²) in [6.45, 7) is 3.85. The summed E-state index contributed by atoms with van der Waals surface area (Å²) in [5.74, 6) is -0.00499. The predicted octanol–water partition coefficient (Wildman–Crippen LogP) is 4.65. The van der Waals surface area contributed by atoms with E-state index in [1.807, 2.05) is 34.5 Å². The Bertz CT molecular complexity index is 900. The lowest BCUT2D eigenvalue weighted by molar-refractivity contribution is -0.137. The minimum Gasteiger partial charge on any atom is -0.367 e. The molecule has 1 aromatic carbocycles. The molecular formula is C21H24Cl2N4O2S. The molecule has 0 aliphatic carbocycles. The number of hydrogen-bond donors (Lipinski definition) is 1. The first-order valence-electron chi connectivity index (χ1n) is 10.1. The van der Waals surface area contributed by atoms with E-state index in [0.717, 1.165) is 23.5 Å². The van der Waals surface area contributed by atoms with E-state index in [1.165, 1.54) is 11.3 Å². The number of halogens is 2. The maximum atomic E-state index is 13.1. The van der Waals surface area contributed by atoms with Gasteiger partial charge in [-0.25, -0.2) is 4.79 Å². The first-order valence-corrected chi connectivity index (χ1v) is 11.7. The van der Waals surface area contributed by atoms with E-state index < -0.39 is 0 Å². The van der Waals surface area contributed by atoms with Gasteiger partial charge in [-0.2, -0.15) is 0 Å². The number of nitrogens with one attached hydrogen (secondary N) is 1. The number of benzene rings is 1. The SMILES string of the molecule is O=C(Nc1cccs1)N1CCCC(C(=O)N2CCN(c3cccc(Cl)c3Cl)CC2)C1. The number of piperazine rings is 1. The number of hydrogen-bond acceptors (Lipinski definition) is 4. The molecule has 4 rings (SSSR count). The van der Waals surface area contributed by atoms with Crippen LogP contribution < -0.4 is 10.2 Å². The number of piperidine rings is 1. The third-order valence-electron chi connectivity index (χ3n) is 5.67. The number of rotatable bonds is 3. The summed E-state index contributed by atoms with van der Waals surface area (Å²) in [6, 6.07) is 9.27. The van der Waals surface area contributed by atoms with Gasteiger partial charge < -0.3 is 14.7 Å². The van der Waals surface area contributed by atoms with Gasteiger partial charge in [0, 0.05) is 39.3 Å². The molecule has 2 aliphatic heterocycles. The molecule has 1 N–H and O–H groups in total. The maximum absolute atomic E-state index is 13.1. The number of nitrogens with zero attached hydrogens (tertiary/aromatic N) is 3. The van der Waals surface area contributed by atoms with Gasteiger partial charge in [0.2, 0.25) is 5.91 Å². The van der Waals surface area contributed by atoms with Gasteiger partial charge in [-0.15, -0.1) is 11.3 Å². The van der Waals surface area contributed by atoms with E-state index in [1.54, 1.807) is 11.0 Å². The summed E-state index contributed by atoms with van der Waals surface area (Å²) >= 11 is 14.0. The van der Waals surface area contributed by atoms with Gasteiger partial charge in [-0.3, -0.25) is 10.1 Å². The molecule has 2 fully saturated rings. The Labute approximate surface area is 190 Å². The van der Waals surface area contributed by atoms with Crippen molar-refractivity contribution in [2.24, 2.45) is 5.92 Å². The molecule has 30 heavy (non-hydrogen) atoms. The van der Waals surface area contributed by atoms with Crippen molar-refractivity contribution in [1.82, 2.24) is 9.80 Å². The van der Waals surface area contributed by atoms with Crippen molar-refractivity contribution < 1.29 is 9.59 Å². The lowest BCUT2D eigenvalue weighted by Gasteiger charge is -2.40. The molecular weight excluding hydrogens is 443 g/mol. The van der Waals surface area contributed by atoms with Gasteiger partial charge in [-0.1, -0.05) is 29.3 Å². The molecule has 6 nitrogen and oxygen atoms in total. The molecule has 1 atom stereocenters. The summed E-state index contributed by atoms with van der Waals surface area (Å²) in [5, 5.41) is 6.76. The van der Waals surface area contributed by atoms with Gasteiger partial charge in [0.15, 0.2) is 0 Å². The van der Waals surface area contributed by atoms with Gasteiger partial charge >= 0.3 is 6.03 Å². The van der Waals surface area contributed by atoms with E-state index in [9.17, 15) is 9.59 Å². The molecule has 1 unspecified atom stereocenters. The molecule has 0 spiro atoms. The number of carbonyl (C=O) groups is 2. The summed E-state index contributed by atoms with van der Waals surface area (Å²) in [5.41, 5.74) is 0.908. The molecule has 2 aliphatic rings. The van der Waals surface area contributed by atoms with Crippen molar-refractivity contribution in [2.75, 3.05) is 49.5 Å². The van der Waals surface area contributed by atoms with E-state index in [2.05, 4.69) is 10.2 Å². The van der Waals surface area contributed by atoms with Crippen LogP contribution in [0.4, 0.5) is 15.5 Å². The van der Waals surface area contributed by atoms with Crippen molar-refractivity contribution in [2.45, 2.75) is 12.8 Å². The van der Waals surface area contributed by atoms with Crippen molar-refractivity contribution in [3.8, 4) is 0 Å². The highest BCUT2D eigenvalue weighted by Gasteiger charge is 2.33. The van der Waals surface area contributed by atoms with Crippen LogP contribution >= 0.6 is 34.5 Å². The zero-order valence-electron chi connectivity index (χ0n) is 16.5. The van der Waals surface area contributed by atoms with Crippen LogP contribution in [0.3, 0.4) is 0 Å². The second-order valence-electron chi connectivity index (χ2n) is 7.58. The molecule has 2 saturated heterocycles. The van der Waals surface area contributed by atoms with Crippen molar-refractivity contribution in [3.63, 3.8) is 0 Å². The van der Waals surface area contributed by atoms with E-state index in [0.29, 0.717) is 49.3 Å². The number of carbonyl (C=O) groups excluding carboxylic acids is 2. The number of urea groups is 1. The van der Waals surface area contributed by atoms with Crippen LogP contribution in [-0.4, -0.2) is 61.0 Å². The topological polar surface area (TPSA) is 55.9 Å². The molecule has 9 heteroatoms. The Hall–Kier alpha value is -1.96. The van der Waals surface area contributed by atoms with E-state index >= 15 is 0 Å². The Morgan fingerprint density at radius 2 is 1.80 bits per heavy atom. The number of thiophene rings is 1. The van der Waals surface area contributed by atoms with Gasteiger partial charge in [0.1, 0.15) is 0 Å². The van der Waals surface area contributed by atoms with Crippen LogP contribution in [0.1, 0.15) is 12.8 Å². The molecule has 3 amide bonds. The van der Waals surface area contributed by atoms with Crippen LogP contribution in [0.5, 0.6) is 0 Å². The van der Waals surface area contributed by atoms with Crippen molar-refractivity contribution in [3.05, 3.63) is 45.8 Å². The molecule has 1 aromatic heterocycles. The fraction of sp³-hybridized carbons (Fsp3) is 0.429. The number of amides is 3. The maximum Gasteiger partial charge on any atom is 0.322 e. The quantitative estimate of drug-likeness (QED) is 0.715. The zero-order chi connectivity index (χ0) is 21.1. The second-order valence-corrected chi connectivity index (χ2v) is 9.31. The fourth-order valence-electron chi connectivity index (χ4n) is 4.06. The zero-order valence-corrected chi connectivity index (χ0v) is 18.8. The average Bonchev–Trinajstić information content (AvgIpc) is 3.28. The molecule has 0 bridgehead atoms. The Kier molecular flexibility index (Phi) is 6.71. The van der Waals surface area contributed by atoms with Crippen LogP contribution in [0.2, 0.25) is 10.0 Å². The third kappa shape index (κ3) is 4.68. The Morgan fingerprint density at radius 1 is 1.00 bits per heavy atom. The number of likely N-dealkylation sites (tertiary alicyclic amines) is 1. The smallest absolute Gasteiger partial charge is 0.322 e. The minimum atomic E-state index is -0.144. The minimum absolute atomic E-state index is 0.129. The summed E-state index contributed by atoms with van der Waals surface area (Å²) in [6.07, 6.45) is 1.66. The number of anilines is 2. The molecule has 2 aromatic rings. The Morgan fingerprint density at radius 3 is 2.53 bits per heavy atom. The first-order chi connectivity index (χ1) is 14.5. The molecule has 160 valence electrons. The predicted molar refractivity (Wildman–Crippen MR) is 123 cm³/mol. The monoisotopic (exact) mass is 466 g/mol. The first kappa shape index (κ1) is 21.3.